The molecule has 0 aliphatic heterocycles. The van der Waals surface area contributed by atoms with Gasteiger partial charge < -0.3 is 24.8 Å². The normalized spacial score (nSPS) is 9.09. The number of carbonyl (C=O) groups excluding carboxylic acids is 2. The Morgan fingerprint density at radius 1 is 0.625 bits per heavy atom. The Kier molecular flexibility index (Phi) is 12.8. The number of ether oxygens (including phenoxy) is 2. The SMILES string of the molecule is CC(=O)O.CCOC(=O)c1ccccc1C(=O)OCC.O=C(O)c1ccccc1C(=O)O. The molecule has 0 aromatic heterocycles. The van der Waals surface area contributed by atoms with Gasteiger partial charge in [-0.25, -0.2) is 19.2 Å². The van der Waals surface area contributed by atoms with Crippen molar-refractivity contribution in [3.63, 3.8) is 0 Å². The lowest BCUT2D eigenvalue weighted by atomic mass is 10.1. The van der Waals surface area contributed by atoms with Crippen LogP contribution in [-0.2, 0) is 14.3 Å². The first-order chi connectivity index (χ1) is 15.1. The Balaban J connectivity index is 0.000000529. The zero-order chi connectivity index (χ0) is 24.7. The van der Waals surface area contributed by atoms with Crippen LogP contribution in [0.4, 0.5) is 0 Å². The van der Waals surface area contributed by atoms with E-state index in [1.807, 2.05) is 0 Å². The summed E-state index contributed by atoms with van der Waals surface area (Å²) in [4.78, 5) is 53.0. The number of rotatable bonds is 6. The maximum atomic E-state index is 11.5. The van der Waals surface area contributed by atoms with Gasteiger partial charge in [-0.05, 0) is 38.1 Å². The third-order valence-electron chi connectivity index (χ3n) is 3.31. The molecular weight excluding hydrogens is 424 g/mol. The van der Waals surface area contributed by atoms with Crippen molar-refractivity contribution >= 4 is 29.8 Å². The first-order valence-corrected chi connectivity index (χ1v) is 9.25. The lowest BCUT2D eigenvalue weighted by molar-refractivity contribution is -0.134. The van der Waals surface area contributed by atoms with Crippen molar-refractivity contribution < 1.29 is 48.8 Å². The molecule has 0 bridgehead atoms. The molecule has 0 aliphatic carbocycles. The van der Waals surface area contributed by atoms with E-state index in [1.54, 1.807) is 38.1 Å². The Hall–Kier alpha value is -4.21. The minimum Gasteiger partial charge on any atom is -0.481 e. The lowest BCUT2D eigenvalue weighted by Crippen LogP contribution is -2.13. The van der Waals surface area contributed by atoms with Crippen molar-refractivity contribution in [3.8, 4) is 0 Å². The molecular formula is C22H24O10. The summed E-state index contributed by atoms with van der Waals surface area (Å²) in [5.41, 5.74) is 0.0978. The van der Waals surface area contributed by atoms with Crippen LogP contribution in [0.2, 0.25) is 0 Å². The molecule has 0 unspecified atom stereocenters. The number of carboxylic acids is 3. The molecule has 0 spiro atoms. The van der Waals surface area contributed by atoms with Crippen LogP contribution in [-0.4, -0.2) is 58.4 Å². The van der Waals surface area contributed by atoms with Crippen LogP contribution in [0.5, 0.6) is 0 Å². The number of carbonyl (C=O) groups is 5. The number of carboxylic acid groups (broad SMARTS) is 3. The number of benzene rings is 2. The molecule has 0 saturated carbocycles. The predicted octanol–water partition coefficient (Wildman–Crippen LogP) is 3.21. The van der Waals surface area contributed by atoms with Gasteiger partial charge >= 0.3 is 23.9 Å². The van der Waals surface area contributed by atoms with Gasteiger partial charge in [-0.3, -0.25) is 4.79 Å². The fourth-order valence-electron chi connectivity index (χ4n) is 2.11. The van der Waals surface area contributed by atoms with Crippen LogP contribution < -0.4 is 0 Å². The van der Waals surface area contributed by atoms with Gasteiger partial charge in [0.2, 0.25) is 0 Å². The van der Waals surface area contributed by atoms with Gasteiger partial charge in [0, 0.05) is 6.92 Å². The number of hydrogen-bond acceptors (Lipinski definition) is 7. The third kappa shape index (κ3) is 10.0. The van der Waals surface area contributed by atoms with Crippen LogP contribution in [0.1, 0.15) is 62.2 Å². The fourth-order valence-corrected chi connectivity index (χ4v) is 2.11. The summed E-state index contributed by atoms with van der Waals surface area (Å²) in [7, 11) is 0. The Bertz CT molecular complexity index is 875. The van der Waals surface area contributed by atoms with Crippen LogP contribution in [0.3, 0.4) is 0 Å². The predicted molar refractivity (Wildman–Crippen MR) is 112 cm³/mol. The molecule has 2 aromatic carbocycles. The smallest absolute Gasteiger partial charge is 0.338 e. The van der Waals surface area contributed by atoms with Crippen molar-refractivity contribution in [2.24, 2.45) is 0 Å². The van der Waals surface area contributed by atoms with Gasteiger partial charge in [-0.15, -0.1) is 0 Å². The van der Waals surface area contributed by atoms with Gasteiger partial charge in [0.15, 0.2) is 0 Å². The summed E-state index contributed by atoms with van der Waals surface area (Å²) in [5.74, 6) is -4.31. The summed E-state index contributed by atoms with van der Waals surface area (Å²) in [5, 5.41) is 24.5. The summed E-state index contributed by atoms with van der Waals surface area (Å²) in [6.07, 6.45) is 0. The van der Waals surface area contributed by atoms with E-state index >= 15 is 0 Å². The second kappa shape index (κ2) is 14.7. The standard InChI is InChI=1S/C12H14O4.C8H6O4.C2H4O2/c1-3-15-11(13)9-7-5-6-8-10(9)12(14)16-4-2;9-7(10)5-3-1-2-4-6(5)8(11)12;1-2(3)4/h5-8H,3-4H2,1-2H3;1-4H,(H,9,10)(H,11,12);1H3,(H,3,4). The minimum atomic E-state index is -1.23. The van der Waals surface area contributed by atoms with Gasteiger partial charge in [0.05, 0.1) is 35.5 Å². The molecule has 0 amide bonds. The van der Waals surface area contributed by atoms with Crippen LogP contribution in [0, 0.1) is 0 Å². The van der Waals surface area contributed by atoms with E-state index in [1.165, 1.54) is 24.3 Å². The zero-order valence-electron chi connectivity index (χ0n) is 17.7. The van der Waals surface area contributed by atoms with E-state index in [9.17, 15) is 19.2 Å². The first kappa shape index (κ1) is 27.8. The number of hydrogen-bond donors (Lipinski definition) is 3. The molecule has 2 rings (SSSR count). The molecule has 10 heteroatoms. The largest absolute Gasteiger partial charge is 0.481 e. The molecule has 32 heavy (non-hydrogen) atoms. The van der Waals surface area contributed by atoms with Crippen LogP contribution in [0.15, 0.2) is 48.5 Å². The number of esters is 2. The average molecular weight is 448 g/mol. The average Bonchev–Trinajstić information content (AvgIpc) is 2.74. The summed E-state index contributed by atoms with van der Waals surface area (Å²) in [6, 6.07) is 11.9. The molecule has 0 radical (unpaired) electrons. The molecule has 10 nitrogen and oxygen atoms in total. The highest BCUT2D eigenvalue weighted by atomic mass is 16.5. The third-order valence-corrected chi connectivity index (χ3v) is 3.31. The molecule has 2 aromatic rings. The second-order valence-electron chi connectivity index (χ2n) is 5.66. The number of aromatic carboxylic acids is 2. The quantitative estimate of drug-likeness (QED) is 0.559. The van der Waals surface area contributed by atoms with E-state index in [0.29, 0.717) is 0 Å². The second-order valence-corrected chi connectivity index (χ2v) is 5.66. The zero-order valence-corrected chi connectivity index (χ0v) is 17.7. The molecule has 0 fully saturated rings. The van der Waals surface area contributed by atoms with E-state index in [2.05, 4.69) is 0 Å². The van der Waals surface area contributed by atoms with Gasteiger partial charge in [0.1, 0.15) is 0 Å². The molecule has 0 aliphatic rings. The number of aliphatic carboxylic acids is 1. The highest BCUT2D eigenvalue weighted by molar-refractivity contribution is 6.03. The van der Waals surface area contributed by atoms with E-state index in [0.717, 1.165) is 6.92 Å². The topological polar surface area (TPSA) is 164 Å². The molecule has 172 valence electrons. The maximum Gasteiger partial charge on any atom is 0.338 e. The summed E-state index contributed by atoms with van der Waals surface area (Å²) < 4.78 is 9.70. The van der Waals surface area contributed by atoms with Crippen molar-refractivity contribution in [2.75, 3.05) is 13.2 Å². The van der Waals surface area contributed by atoms with Gasteiger partial charge in [-0.2, -0.15) is 0 Å². The van der Waals surface area contributed by atoms with Gasteiger partial charge in [0.25, 0.3) is 5.97 Å². The highest BCUT2D eigenvalue weighted by Crippen LogP contribution is 2.12. The fraction of sp³-hybridized carbons (Fsp3) is 0.227. The Morgan fingerprint density at radius 3 is 1.09 bits per heavy atom. The summed E-state index contributed by atoms with van der Waals surface area (Å²) >= 11 is 0. The van der Waals surface area contributed by atoms with Crippen molar-refractivity contribution in [3.05, 3.63) is 70.8 Å². The monoisotopic (exact) mass is 448 g/mol. The van der Waals surface area contributed by atoms with Crippen molar-refractivity contribution in [1.82, 2.24) is 0 Å². The van der Waals surface area contributed by atoms with E-state index < -0.39 is 29.8 Å². The summed E-state index contributed by atoms with van der Waals surface area (Å²) in [6.45, 7) is 5.06. The van der Waals surface area contributed by atoms with E-state index in [-0.39, 0.29) is 35.5 Å². The van der Waals surface area contributed by atoms with Crippen LogP contribution >= 0.6 is 0 Å². The molecule has 3 N–H and O–H groups in total. The van der Waals surface area contributed by atoms with Gasteiger partial charge in [-0.1, -0.05) is 24.3 Å². The van der Waals surface area contributed by atoms with Crippen molar-refractivity contribution in [2.45, 2.75) is 20.8 Å². The molecule has 0 heterocycles. The van der Waals surface area contributed by atoms with E-state index in [4.69, 9.17) is 29.6 Å². The Morgan fingerprint density at radius 2 is 0.875 bits per heavy atom. The molecule has 0 saturated heterocycles. The van der Waals surface area contributed by atoms with Crippen molar-refractivity contribution in [1.29, 1.82) is 0 Å². The minimum absolute atomic E-state index is 0.190. The maximum absolute atomic E-state index is 11.5. The lowest BCUT2D eigenvalue weighted by Gasteiger charge is -2.07. The molecule has 0 atom stereocenters. The highest BCUT2D eigenvalue weighted by Gasteiger charge is 2.18. The Labute approximate surface area is 184 Å². The van der Waals surface area contributed by atoms with Crippen LogP contribution in [0.25, 0.3) is 0 Å². The first-order valence-electron chi connectivity index (χ1n) is 9.25.